The molecule has 0 amide bonds. The third kappa shape index (κ3) is 2.55. The Hall–Kier alpha value is -1.85. The van der Waals surface area contributed by atoms with Crippen molar-refractivity contribution in [1.29, 1.82) is 0 Å². The van der Waals surface area contributed by atoms with Crippen LogP contribution in [0.3, 0.4) is 0 Å². The summed E-state index contributed by atoms with van der Waals surface area (Å²) in [6.07, 6.45) is 1.31. The monoisotopic (exact) mass is 349 g/mol. The average molecular weight is 351 g/mol. The summed E-state index contributed by atoms with van der Waals surface area (Å²) < 4.78 is 6.69. The lowest BCUT2D eigenvalue weighted by Gasteiger charge is -2.08. The van der Waals surface area contributed by atoms with E-state index in [1.165, 1.54) is 6.33 Å². The van der Waals surface area contributed by atoms with Gasteiger partial charge in [-0.2, -0.15) is 4.98 Å². The minimum absolute atomic E-state index is 0.196. The zero-order valence-electron chi connectivity index (χ0n) is 10.2. The van der Waals surface area contributed by atoms with Crippen LogP contribution in [0.25, 0.3) is 10.8 Å². The van der Waals surface area contributed by atoms with Gasteiger partial charge in [-0.3, -0.25) is 0 Å². The van der Waals surface area contributed by atoms with Gasteiger partial charge in [0, 0.05) is 4.47 Å². The number of nitrogens with two attached hydrogens (primary N) is 1. The fourth-order valence-corrected chi connectivity index (χ4v) is 2.32. The number of rotatable bonds is 2. The van der Waals surface area contributed by atoms with E-state index in [1.54, 1.807) is 0 Å². The summed E-state index contributed by atoms with van der Waals surface area (Å²) in [5.41, 5.74) is 5.61. The fourth-order valence-electron chi connectivity index (χ4n) is 1.81. The maximum atomic E-state index is 6.00. The Labute approximate surface area is 128 Å². The van der Waals surface area contributed by atoms with Gasteiger partial charge in [-0.05, 0) is 35.0 Å². The van der Waals surface area contributed by atoms with Crippen molar-refractivity contribution in [2.24, 2.45) is 0 Å². The van der Waals surface area contributed by atoms with Gasteiger partial charge in [-0.15, -0.1) is 0 Å². The molecule has 100 valence electrons. The van der Waals surface area contributed by atoms with Gasteiger partial charge in [-0.1, -0.05) is 39.7 Å². The van der Waals surface area contributed by atoms with Crippen molar-refractivity contribution in [1.82, 2.24) is 9.97 Å². The third-order valence-electron chi connectivity index (χ3n) is 2.77. The molecule has 3 aromatic rings. The van der Waals surface area contributed by atoms with E-state index in [9.17, 15) is 0 Å². The van der Waals surface area contributed by atoms with Gasteiger partial charge < -0.3 is 10.5 Å². The first-order chi connectivity index (χ1) is 9.63. The Morgan fingerprint density at radius 3 is 2.65 bits per heavy atom. The first kappa shape index (κ1) is 13.1. The summed E-state index contributed by atoms with van der Waals surface area (Å²) in [4.78, 5) is 7.77. The van der Waals surface area contributed by atoms with Gasteiger partial charge in [0.15, 0.2) is 0 Å². The smallest absolute Gasteiger partial charge is 0.243 e. The molecule has 0 aliphatic heterocycles. The van der Waals surface area contributed by atoms with Crippen LogP contribution in [0.2, 0.25) is 5.02 Å². The Kier molecular flexibility index (Phi) is 3.46. The number of nitrogen functional groups attached to an aromatic ring is 1. The second kappa shape index (κ2) is 5.26. The van der Waals surface area contributed by atoms with Crippen molar-refractivity contribution in [3.63, 3.8) is 0 Å². The lowest BCUT2D eigenvalue weighted by Crippen LogP contribution is -1.96. The largest absolute Gasteiger partial charge is 0.437 e. The molecule has 0 saturated carbocycles. The minimum atomic E-state index is 0.196. The van der Waals surface area contributed by atoms with Crippen LogP contribution in [-0.4, -0.2) is 9.97 Å². The quantitative estimate of drug-likeness (QED) is 0.743. The number of ether oxygens (including phenoxy) is 1. The number of hydrogen-bond donors (Lipinski definition) is 1. The molecule has 0 unspecified atom stereocenters. The minimum Gasteiger partial charge on any atom is -0.437 e. The molecule has 2 N–H and O–H groups in total. The maximum Gasteiger partial charge on any atom is 0.243 e. The number of hydrogen-bond acceptors (Lipinski definition) is 4. The zero-order valence-corrected chi connectivity index (χ0v) is 12.5. The lowest BCUT2D eigenvalue weighted by molar-refractivity contribution is 0.463. The molecule has 0 fully saturated rings. The number of nitrogens with zero attached hydrogens (tertiary/aromatic N) is 2. The summed E-state index contributed by atoms with van der Waals surface area (Å²) in [6, 6.07) is 11.7. The van der Waals surface area contributed by atoms with E-state index in [0.717, 1.165) is 15.2 Å². The van der Waals surface area contributed by atoms with Crippen molar-refractivity contribution in [3.05, 3.63) is 52.2 Å². The van der Waals surface area contributed by atoms with E-state index in [-0.39, 0.29) is 16.7 Å². The third-order valence-corrected chi connectivity index (χ3v) is 3.62. The van der Waals surface area contributed by atoms with Crippen LogP contribution in [-0.2, 0) is 0 Å². The SMILES string of the molecule is Nc1ncnc(Oc2ccc3cc(Br)ccc3c2)c1Cl. The molecule has 0 radical (unpaired) electrons. The maximum absolute atomic E-state index is 6.00. The molecule has 2 aromatic carbocycles. The van der Waals surface area contributed by atoms with Crippen molar-refractivity contribution in [2.75, 3.05) is 5.73 Å². The summed E-state index contributed by atoms with van der Waals surface area (Å²) in [6.45, 7) is 0. The molecule has 0 aliphatic carbocycles. The second-order valence-corrected chi connectivity index (χ2v) is 5.43. The Balaban J connectivity index is 1.99. The van der Waals surface area contributed by atoms with E-state index >= 15 is 0 Å². The predicted molar refractivity (Wildman–Crippen MR) is 83.2 cm³/mol. The Morgan fingerprint density at radius 1 is 1.05 bits per heavy atom. The first-order valence-corrected chi connectivity index (χ1v) is 6.94. The van der Waals surface area contributed by atoms with Crippen LogP contribution in [0.1, 0.15) is 0 Å². The van der Waals surface area contributed by atoms with Gasteiger partial charge in [0.2, 0.25) is 5.88 Å². The van der Waals surface area contributed by atoms with Crippen LogP contribution in [0, 0.1) is 0 Å². The molecule has 1 heterocycles. The molecule has 0 atom stereocenters. The van der Waals surface area contributed by atoms with E-state index in [1.807, 2.05) is 36.4 Å². The lowest BCUT2D eigenvalue weighted by atomic mass is 10.1. The summed E-state index contributed by atoms with van der Waals surface area (Å²) in [5, 5.41) is 2.38. The van der Waals surface area contributed by atoms with Crippen LogP contribution in [0.15, 0.2) is 47.2 Å². The van der Waals surface area contributed by atoms with Crippen LogP contribution in [0.5, 0.6) is 11.6 Å². The number of anilines is 1. The number of benzene rings is 2. The number of aromatic nitrogens is 2. The highest BCUT2D eigenvalue weighted by Gasteiger charge is 2.09. The first-order valence-electron chi connectivity index (χ1n) is 5.76. The average Bonchev–Trinajstić information content (AvgIpc) is 2.44. The van der Waals surface area contributed by atoms with E-state index in [0.29, 0.717) is 5.75 Å². The molecule has 0 aliphatic rings. The Bertz CT molecular complexity index is 794. The van der Waals surface area contributed by atoms with Crippen LogP contribution < -0.4 is 10.5 Å². The van der Waals surface area contributed by atoms with Crippen molar-refractivity contribution in [3.8, 4) is 11.6 Å². The molecule has 0 saturated heterocycles. The highest BCUT2D eigenvalue weighted by molar-refractivity contribution is 9.10. The van der Waals surface area contributed by atoms with E-state index in [2.05, 4.69) is 25.9 Å². The summed E-state index contributed by atoms with van der Waals surface area (Å²) in [7, 11) is 0. The standard InChI is InChI=1S/C14H9BrClN3O/c15-10-3-1-9-6-11(4-2-8(9)5-10)20-14-12(16)13(17)18-7-19-14/h1-7H,(H2,17,18,19). The molecule has 20 heavy (non-hydrogen) atoms. The highest BCUT2D eigenvalue weighted by atomic mass is 79.9. The second-order valence-electron chi connectivity index (χ2n) is 4.13. The van der Waals surface area contributed by atoms with E-state index in [4.69, 9.17) is 22.1 Å². The normalized spacial score (nSPS) is 10.7. The highest BCUT2D eigenvalue weighted by Crippen LogP contribution is 2.31. The topological polar surface area (TPSA) is 61.0 Å². The van der Waals surface area contributed by atoms with Gasteiger partial charge in [0.05, 0.1) is 0 Å². The molecular formula is C14H9BrClN3O. The molecule has 1 aromatic heterocycles. The molecule has 0 spiro atoms. The molecule has 0 bridgehead atoms. The van der Waals surface area contributed by atoms with Crippen molar-refractivity contribution in [2.45, 2.75) is 0 Å². The molecule has 6 heteroatoms. The predicted octanol–water partition coefficient (Wildman–Crippen LogP) is 4.42. The zero-order chi connectivity index (χ0) is 14.1. The van der Waals surface area contributed by atoms with Gasteiger partial charge in [-0.25, -0.2) is 4.98 Å². The van der Waals surface area contributed by atoms with Gasteiger partial charge in [0.1, 0.15) is 22.9 Å². The van der Waals surface area contributed by atoms with Crippen LogP contribution in [0.4, 0.5) is 5.82 Å². The van der Waals surface area contributed by atoms with Gasteiger partial charge in [0.25, 0.3) is 0 Å². The molecule has 3 rings (SSSR count). The number of halogens is 2. The Morgan fingerprint density at radius 2 is 1.80 bits per heavy atom. The molecular weight excluding hydrogens is 342 g/mol. The summed E-state index contributed by atoms with van der Waals surface area (Å²) in [5.74, 6) is 1.08. The summed E-state index contributed by atoms with van der Waals surface area (Å²) >= 11 is 9.44. The van der Waals surface area contributed by atoms with Crippen molar-refractivity contribution >= 4 is 44.1 Å². The van der Waals surface area contributed by atoms with Gasteiger partial charge >= 0.3 is 0 Å². The fraction of sp³-hybridized carbons (Fsp3) is 0. The van der Waals surface area contributed by atoms with Crippen LogP contribution >= 0.6 is 27.5 Å². The molecule has 4 nitrogen and oxygen atoms in total. The van der Waals surface area contributed by atoms with E-state index < -0.39 is 0 Å². The van der Waals surface area contributed by atoms with Crippen molar-refractivity contribution < 1.29 is 4.74 Å². The number of fused-ring (bicyclic) bond motifs is 1.